The lowest BCUT2D eigenvalue weighted by Gasteiger charge is -2.28. The van der Waals surface area contributed by atoms with Crippen molar-refractivity contribution in [1.29, 1.82) is 0 Å². The van der Waals surface area contributed by atoms with E-state index in [-0.39, 0.29) is 30.1 Å². The van der Waals surface area contributed by atoms with E-state index in [0.29, 0.717) is 17.3 Å². The van der Waals surface area contributed by atoms with Gasteiger partial charge >= 0.3 is 0 Å². The molecule has 0 saturated carbocycles. The zero-order valence-corrected chi connectivity index (χ0v) is 20.5. The van der Waals surface area contributed by atoms with Crippen molar-refractivity contribution < 1.29 is 9.72 Å². The molecule has 2 atom stereocenters. The first-order valence-electron chi connectivity index (χ1n) is 11.8. The summed E-state index contributed by atoms with van der Waals surface area (Å²) < 4.78 is 1.92. The number of carbonyl (C=O) groups is 1. The number of amides is 1. The van der Waals surface area contributed by atoms with Crippen molar-refractivity contribution in [3.05, 3.63) is 119 Å². The molecule has 9 nitrogen and oxygen atoms in total. The Morgan fingerprint density at radius 2 is 1.86 bits per heavy atom. The van der Waals surface area contributed by atoms with Crippen LogP contribution in [-0.4, -0.2) is 36.9 Å². The Kier molecular flexibility index (Phi) is 6.91. The van der Waals surface area contributed by atoms with E-state index in [9.17, 15) is 14.9 Å². The van der Waals surface area contributed by atoms with Crippen LogP contribution in [0.15, 0.2) is 97.3 Å². The van der Waals surface area contributed by atoms with Crippen LogP contribution in [0.3, 0.4) is 0 Å². The number of non-ortho nitro benzene ring substituents is 1. The van der Waals surface area contributed by atoms with Gasteiger partial charge in [0.25, 0.3) is 5.69 Å². The summed E-state index contributed by atoms with van der Waals surface area (Å²) in [4.78, 5) is 30.3. The van der Waals surface area contributed by atoms with Gasteiger partial charge in [0.1, 0.15) is 0 Å². The van der Waals surface area contributed by atoms with Gasteiger partial charge in [0.2, 0.25) is 5.91 Å². The number of carbonyl (C=O) groups excluding carboxylic acids is 1. The highest BCUT2D eigenvalue weighted by molar-refractivity contribution is 7.80. The summed E-state index contributed by atoms with van der Waals surface area (Å²) in [7, 11) is 0. The van der Waals surface area contributed by atoms with Crippen molar-refractivity contribution >= 4 is 34.6 Å². The highest BCUT2D eigenvalue weighted by Crippen LogP contribution is 2.39. The third kappa shape index (κ3) is 5.19. The van der Waals surface area contributed by atoms with Crippen molar-refractivity contribution in [2.45, 2.75) is 18.5 Å². The molecule has 1 amide bonds. The largest absolute Gasteiger partial charge is 0.352 e. The van der Waals surface area contributed by atoms with Gasteiger partial charge in [-0.3, -0.25) is 19.9 Å². The van der Waals surface area contributed by atoms with Crippen molar-refractivity contribution in [1.82, 2.24) is 19.8 Å². The number of nitrogens with one attached hydrogen (secondary N) is 2. The number of rotatable bonds is 8. The molecule has 4 aromatic rings. The number of hydrogen-bond acceptors (Lipinski definition) is 5. The Balaban J connectivity index is 1.47. The van der Waals surface area contributed by atoms with E-state index < -0.39 is 4.92 Å². The van der Waals surface area contributed by atoms with Gasteiger partial charge < -0.3 is 20.1 Å². The fourth-order valence-electron chi connectivity index (χ4n) is 4.56. The third-order valence-electron chi connectivity index (χ3n) is 6.24. The lowest BCUT2D eigenvalue weighted by molar-refractivity contribution is -0.384. The maximum atomic E-state index is 12.7. The van der Waals surface area contributed by atoms with Gasteiger partial charge in [0.15, 0.2) is 5.11 Å². The normalized spacial score (nSPS) is 16.9. The lowest BCUT2D eigenvalue weighted by Crippen LogP contribution is -2.33. The van der Waals surface area contributed by atoms with Crippen LogP contribution < -0.4 is 10.6 Å². The third-order valence-corrected chi connectivity index (χ3v) is 6.59. The molecule has 0 spiro atoms. The van der Waals surface area contributed by atoms with E-state index in [0.717, 1.165) is 17.1 Å². The molecule has 1 fully saturated rings. The van der Waals surface area contributed by atoms with Crippen LogP contribution in [0, 0.1) is 10.1 Å². The van der Waals surface area contributed by atoms with Crippen molar-refractivity contribution in [3.8, 4) is 5.69 Å². The Bertz CT molecular complexity index is 1430. The summed E-state index contributed by atoms with van der Waals surface area (Å²) in [6.07, 6.45) is 3.82. The van der Waals surface area contributed by atoms with E-state index in [1.807, 2.05) is 82.4 Å². The van der Waals surface area contributed by atoms with Gasteiger partial charge in [0, 0.05) is 48.9 Å². The number of nitro benzene ring substituents is 1. The molecule has 2 aromatic heterocycles. The van der Waals surface area contributed by atoms with Crippen LogP contribution in [0.1, 0.15) is 29.9 Å². The first-order valence-corrected chi connectivity index (χ1v) is 12.2. The van der Waals surface area contributed by atoms with E-state index in [4.69, 9.17) is 12.2 Å². The SMILES string of the molecule is O=C(CCN1C(=S)N[C@@H](c2ccccn2)[C@H]1c1cccn1-c1cccc([N+](=O)[O-])c1)Nc1ccccc1. The highest BCUT2D eigenvalue weighted by atomic mass is 32.1. The van der Waals surface area contributed by atoms with Gasteiger partial charge in [-0.15, -0.1) is 0 Å². The molecule has 186 valence electrons. The van der Waals surface area contributed by atoms with Crippen LogP contribution in [-0.2, 0) is 4.79 Å². The molecule has 1 saturated heterocycles. The summed E-state index contributed by atoms with van der Waals surface area (Å²) in [6.45, 7) is 0.374. The second-order valence-corrected chi connectivity index (χ2v) is 8.95. The summed E-state index contributed by atoms with van der Waals surface area (Å²) >= 11 is 5.72. The molecule has 5 rings (SSSR count). The van der Waals surface area contributed by atoms with Crippen molar-refractivity contribution in [3.63, 3.8) is 0 Å². The number of pyridine rings is 1. The predicted octanol–water partition coefficient (Wildman–Crippen LogP) is 4.78. The molecule has 10 heteroatoms. The van der Waals surface area contributed by atoms with Crippen LogP contribution in [0.2, 0.25) is 0 Å². The molecule has 0 aliphatic carbocycles. The number of hydrogen-bond donors (Lipinski definition) is 2. The molecule has 0 unspecified atom stereocenters. The van der Waals surface area contributed by atoms with Gasteiger partial charge in [0.05, 0.1) is 28.4 Å². The molecule has 3 heterocycles. The molecule has 1 aliphatic rings. The Labute approximate surface area is 218 Å². The van der Waals surface area contributed by atoms with Crippen molar-refractivity contribution in [2.24, 2.45) is 0 Å². The minimum Gasteiger partial charge on any atom is -0.352 e. The molecular formula is C27H24N6O3S. The summed E-state index contributed by atoms with van der Waals surface area (Å²) in [5.74, 6) is -0.122. The predicted molar refractivity (Wildman–Crippen MR) is 144 cm³/mol. The summed E-state index contributed by atoms with van der Waals surface area (Å²) in [6, 6.07) is 24.8. The van der Waals surface area contributed by atoms with Gasteiger partial charge in [-0.25, -0.2) is 0 Å². The molecule has 1 aliphatic heterocycles. The van der Waals surface area contributed by atoms with Crippen LogP contribution in [0.4, 0.5) is 11.4 Å². The van der Waals surface area contributed by atoms with E-state index in [1.165, 1.54) is 12.1 Å². The quantitative estimate of drug-likeness (QED) is 0.199. The Morgan fingerprint density at radius 1 is 1.05 bits per heavy atom. The zero-order chi connectivity index (χ0) is 25.8. The average molecular weight is 513 g/mol. The highest BCUT2D eigenvalue weighted by Gasteiger charge is 2.41. The van der Waals surface area contributed by atoms with E-state index >= 15 is 0 Å². The number of thiocarbonyl (C=S) groups is 1. The zero-order valence-electron chi connectivity index (χ0n) is 19.7. The maximum Gasteiger partial charge on any atom is 0.271 e. The topological polar surface area (TPSA) is 105 Å². The number of nitrogens with zero attached hydrogens (tertiary/aromatic N) is 4. The van der Waals surface area contributed by atoms with Gasteiger partial charge in [-0.1, -0.05) is 30.3 Å². The van der Waals surface area contributed by atoms with E-state index in [1.54, 1.807) is 12.3 Å². The van der Waals surface area contributed by atoms with Crippen LogP contribution in [0.5, 0.6) is 0 Å². The Morgan fingerprint density at radius 3 is 2.62 bits per heavy atom. The number of nitro groups is 1. The second kappa shape index (κ2) is 10.6. The maximum absolute atomic E-state index is 12.7. The number of aromatic nitrogens is 2. The number of benzene rings is 2. The molecular weight excluding hydrogens is 488 g/mol. The van der Waals surface area contributed by atoms with Gasteiger partial charge in [-0.05, 0) is 54.7 Å². The monoisotopic (exact) mass is 512 g/mol. The first kappa shape index (κ1) is 24.1. The molecule has 2 N–H and O–H groups in total. The number of anilines is 1. The molecule has 0 radical (unpaired) electrons. The smallest absolute Gasteiger partial charge is 0.271 e. The standard InChI is InChI=1S/C27H24N6O3S/c34-24(29-19-8-2-1-3-9-19)14-17-32-26(25(30-27(32)37)22-12-4-5-15-28-22)23-13-7-16-31(23)20-10-6-11-21(18-20)33(35)36/h1-13,15-16,18,25-26H,14,17H2,(H,29,34)(H,30,37)/t25-,26+/m0/s1. The van der Waals surface area contributed by atoms with Crippen LogP contribution >= 0.6 is 12.2 Å². The molecule has 0 bridgehead atoms. The number of para-hydroxylation sites is 1. The second-order valence-electron chi connectivity index (χ2n) is 8.56. The van der Waals surface area contributed by atoms with E-state index in [2.05, 4.69) is 15.6 Å². The first-order chi connectivity index (χ1) is 18.0. The minimum absolute atomic E-state index is 0.00735. The molecule has 37 heavy (non-hydrogen) atoms. The Hall–Kier alpha value is -4.57. The van der Waals surface area contributed by atoms with Gasteiger partial charge in [-0.2, -0.15) is 0 Å². The average Bonchev–Trinajstić information content (AvgIpc) is 3.53. The van der Waals surface area contributed by atoms with Crippen LogP contribution in [0.25, 0.3) is 5.69 Å². The minimum atomic E-state index is -0.409. The summed E-state index contributed by atoms with van der Waals surface area (Å²) in [5, 5.41) is 18.2. The molecule has 2 aromatic carbocycles. The fraction of sp³-hybridized carbons (Fsp3) is 0.148. The lowest BCUT2D eigenvalue weighted by atomic mass is 10.0. The fourth-order valence-corrected chi connectivity index (χ4v) is 4.89. The summed E-state index contributed by atoms with van der Waals surface area (Å²) in [5.41, 5.74) is 3.07. The van der Waals surface area contributed by atoms with Crippen molar-refractivity contribution in [2.75, 3.05) is 11.9 Å².